The largest absolute Gasteiger partial charge is 0.416 e. The van der Waals surface area contributed by atoms with Crippen molar-refractivity contribution in [2.75, 3.05) is 6.61 Å². The number of amides is 1. The maximum absolute atomic E-state index is 12.7. The van der Waals surface area contributed by atoms with Crippen molar-refractivity contribution >= 4 is 17.2 Å². The molecule has 124 valence electrons. The number of aliphatic hydroxyl groups is 1. The van der Waals surface area contributed by atoms with Gasteiger partial charge in [-0.25, -0.2) is 4.98 Å². The number of nitrogens with zero attached hydrogens (tertiary/aromatic N) is 1. The van der Waals surface area contributed by atoms with E-state index in [0.717, 1.165) is 23.5 Å². The first-order chi connectivity index (χ1) is 10.6. The summed E-state index contributed by atoms with van der Waals surface area (Å²) in [6.45, 7) is 3.04. The van der Waals surface area contributed by atoms with Crippen molar-refractivity contribution in [1.82, 2.24) is 10.3 Å². The molecule has 0 aliphatic heterocycles. The maximum Gasteiger partial charge on any atom is 0.416 e. The number of halogens is 3. The van der Waals surface area contributed by atoms with E-state index >= 15 is 0 Å². The molecule has 2 aromatic rings. The molecule has 1 heterocycles. The second kappa shape index (κ2) is 6.29. The van der Waals surface area contributed by atoms with Crippen LogP contribution in [0, 0.1) is 0 Å². The first-order valence-electron chi connectivity index (χ1n) is 6.69. The van der Waals surface area contributed by atoms with Gasteiger partial charge in [-0.05, 0) is 26.0 Å². The van der Waals surface area contributed by atoms with Crippen LogP contribution in [0.1, 0.15) is 29.9 Å². The molecule has 1 aromatic carbocycles. The highest BCUT2D eigenvalue weighted by Crippen LogP contribution is 2.33. The van der Waals surface area contributed by atoms with Gasteiger partial charge in [-0.3, -0.25) is 4.79 Å². The van der Waals surface area contributed by atoms with E-state index in [1.807, 2.05) is 0 Å². The minimum Gasteiger partial charge on any atom is -0.394 e. The molecule has 2 N–H and O–H groups in total. The van der Waals surface area contributed by atoms with E-state index in [-0.39, 0.29) is 12.3 Å². The van der Waals surface area contributed by atoms with Crippen LogP contribution >= 0.6 is 11.3 Å². The Hall–Kier alpha value is -1.93. The lowest BCUT2D eigenvalue weighted by Crippen LogP contribution is -2.46. The molecule has 1 aromatic heterocycles. The number of thiazole rings is 1. The monoisotopic (exact) mass is 344 g/mol. The Morgan fingerprint density at radius 3 is 2.65 bits per heavy atom. The predicted molar refractivity (Wildman–Crippen MR) is 81.2 cm³/mol. The molecule has 0 saturated heterocycles. The third-order valence-corrected chi connectivity index (χ3v) is 3.91. The number of carbonyl (C=O) groups excluding carboxylic acids is 1. The Balaban J connectivity index is 2.24. The van der Waals surface area contributed by atoms with E-state index in [1.54, 1.807) is 13.8 Å². The molecule has 0 saturated carbocycles. The summed E-state index contributed by atoms with van der Waals surface area (Å²) < 4.78 is 38.2. The minimum atomic E-state index is -4.43. The molecule has 23 heavy (non-hydrogen) atoms. The molecular weight excluding hydrogens is 329 g/mol. The molecule has 0 unspecified atom stereocenters. The first-order valence-corrected chi connectivity index (χ1v) is 7.57. The summed E-state index contributed by atoms with van der Waals surface area (Å²) >= 11 is 1.08. The number of nitrogens with one attached hydrogen (secondary N) is 1. The Morgan fingerprint density at radius 1 is 1.35 bits per heavy atom. The Morgan fingerprint density at radius 2 is 2.04 bits per heavy atom. The van der Waals surface area contributed by atoms with Crippen molar-refractivity contribution in [2.45, 2.75) is 25.6 Å². The Bertz CT molecular complexity index is 711. The Labute approximate surface area is 135 Å². The molecule has 0 bridgehead atoms. The molecule has 1 amide bonds. The molecule has 8 heteroatoms. The Kier molecular flexibility index (Phi) is 4.76. The van der Waals surface area contributed by atoms with E-state index in [9.17, 15) is 18.0 Å². The standard InChI is InChI=1S/C15H15F3N2O2S/c1-14(2,8-21)20-12(22)11-7-23-13(19-11)9-4-3-5-10(6-9)15(16,17)18/h3-7,21H,8H2,1-2H3,(H,20,22). The number of hydrogen-bond donors (Lipinski definition) is 2. The number of rotatable bonds is 4. The number of aliphatic hydroxyl groups excluding tert-OH is 1. The number of carbonyl (C=O) groups is 1. The molecule has 0 fully saturated rings. The lowest BCUT2D eigenvalue weighted by Gasteiger charge is -2.22. The summed E-state index contributed by atoms with van der Waals surface area (Å²) in [4.78, 5) is 16.1. The van der Waals surface area contributed by atoms with Gasteiger partial charge in [0.15, 0.2) is 0 Å². The van der Waals surface area contributed by atoms with Crippen LogP contribution in [0.25, 0.3) is 10.6 Å². The third kappa shape index (κ3) is 4.29. The molecule has 4 nitrogen and oxygen atoms in total. The lowest BCUT2D eigenvalue weighted by atomic mass is 10.1. The fraction of sp³-hybridized carbons (Fsp3) is 0.333. The highest BCUT2D eigenvalue weighted by Gasteiger charge is 2.30. The predicted octanol–water partition coefficient (Wildman–Crippen LogP) is 3.33. The first kappa shape index (κ1) is 17.4. The van der Waals surface area contributed by atoms with E-state index in [1.165, 1.54) is 17.5 Å². The van der Waals surface area contributed by atoms with Gasteiger partial charge in [0.25, 0.3) is 5.91 Å². The summed E-state index contributed by atoms with van der Waals surface area (Å²) in [7, 11) is 0. The van der Waals surface area contributed by atoms with Gasteiger partial charge in [-0.1, -0.05) is 12.1 Å². The molecule has 0 radical (unpaired) electrons. The molecule has 0 aliphatic rings. The van der Waals surface area contributed by atoms with Crippen molar-refractivity contribution in [3.63, 3.8) is 0 Å². The van der Waals surface area contributed by atoms with Crippen molar-refractivity contribution < 1.29 is 23.1 Å². The minimum absolute atomic E-state index is 0.101. The molecule has 0 atom stereocenters. The van der Waals surface area contributed by atoms with Crippen LogP contribution in [0.15, 0.2) is 29.6 Å². The van der Waals surface area contributed by atoms with Gasteiger partial charge in [0.1, 0.15) is 10.7 Å². The van der Waals surface area contributed by atoms with Gasteiger partial charge in [-0.15, -0.1) is 11.3 Å². The fourth-order valence-corrected chi connectivity index (χ4v) is 2.55. The number of benzene rings is 1. The highest BCUT2D eigenvalue weighted by atomic mass is 32.1. The zero-order valence-corrected chi connectivity index (χ0v) is 13.3. The average Bonchev–Trinajstić information content (AvgIpc) is 2.96. The fourth-order valence-electron chi connectivity index (χ4n) is 1.75. The second-order valence-corrected chi connectivity index (χ2v) is 6.47. The van der Waals surface area contributed by atoms with Gasteiger partial charge in [0.2, 0.25) is 0 Å². The molecule has 2 rings (SSSR count). The van der Waals surface area contributed by atoms with E-state index in [0.29, 0.717) is 10.6 Å². The quantitative estimate of drug-likeness (QED) is 0.894. The van der Waals surface area contributed by atoms with E-state index < -0.39 is 23.2 Å². The SMILES string of the molecule is CC(C)(CO)NC(=O)c1csc(-c2cccc(C(F)(F)F)c2)n1. The van der Waals surface area contributed by atoms with Gasteiger partial charge in [0.05, 0.1) is 17.7 Å². The van der Waals surface area contributed by atoms with Crippen LogP contribution in [0.2, 0.25) is 0 Å². The molecular formula is C15H15F3N2O2S. The van der Waals surface area contributed by atoms with Crippen molar-refractivity contribution in [1.29, 1.82) is 0 Å². The number of alkyl halides is 3. The zero-order chi connectivity index (χ0) is 17.3. The van der Waals surface area contributed by atoms with Crippen LogP contribution in [0.3, 0.4) is 0 Å². The number of hydrogen-bond acceptors (Lipinski definition) is 4. The summed E-state index contributed by atoms with van der Waals surface area (Å²) in [5.41, 5.74) is -1.18. The topological polar surface area (TPSA) is 62.2 Å². The third-order valence-electron chi connectivity index (χ3n) is 3.02. The number of aromatic nitrogens is 1. The van der Waals surface area contributed by atoms with E-state index in [2.05, 4.69) is 10.3 Å². The van der Waals surface area contributed by atoms with Crippen molar-refractivity contribution in [3.05, 3.63) is 40.9 Å². The molecule has 0 aliphatic carbocycles. The average molecular weight is 344 g/mol. The van der Waals surface area contributed by atoms with Gasteiger partial charge >= 0.3 is 6.18 Å². The summed E-state index contributed by atoms with van der Waals surface area (Å²) in [6, 6.07) is 4.79. The van der Waals surface area contributed by atoms with Crippen molar-refractivity contribution in [3.8, 4) is 10.6 Å². The second-order valence-electron chi connectivity index (χ2n) is 5.61. The van der Waals surface area contributed by atoms with Crippen LogP contribution in [-0.2, 0) is 6.18 Å². The van der Waals surface area contributed by atoms with Crippen molar-refractivity contribution in [2.24, 2.45) is 0 Å². The van der Waals surface area contributed by atoms with Gasteiger partial charge < -0.3 is 10.4 Å². The zero-order valence-electron chi connectivity index (χ0n) is 12.4. The van der Waals surface area contributed by atoms with E-state index in [4.69, 9.17) is 5.11 Å². The van der Waals surface area contributed by atoms with Gasteiger partial charge in [0, 0.05) is 10.9 Å². The normalized spacial score (nSPS) is 12.3. The van der Waals surface area contributed by atoms with Crippen LogP contribution in [0.4, 0.5) is 13.2 Å². The van der Waals surface area contributed by atoms with Crippen LogP contribution in [0.5, 0.6) is 0 Å². The maximum atomic E-state index is 12.7. The summed E-state index contributed by atoms with van der Waals surface area (Å²) in [5, 5.41) is 13.5. The smallest absolute Gasteiger partial charge is 0.394 e. The molecule has 0 spiro atoms. The summed E-state index contributed by atoms with van der Waals surface area (Å²) in [5.74, 6) is -0.487. The van der Waals surface area contributed by atoms with Crippen LogP contribution in [-0.4, -0.2) is 28.1 Å². The lowest BCUT2D eigenvalue weighted by molar-refractivity contribution is -0.137. The van der Waals surface area contributed by atoms with Gasteiger partial charge in [-0.2, -0.15) is 13.2 Å². The van der Waals surface area contributed by atoms with Crippen LogP contribution < -0.4 is 5.32 Å². The summed E-state index contributed by atoms with van der Waals surface area (Å²) in [6.07, 6.45) is -4.43. The highest BCUT2D eigenvalue weighted by molar-refractivity contribution is 7.13.